The molecular formula is C25H21ClFN3O6. The van der Waals surface area contributed by atoms with E-state index in [1.165, 1.54) is 0 Å². The van der Waals surface area contributed by atoms with Crippen LogP contribution >= 0.6 is 11.6 Å². The molecule has 0 fully saturated rings. The summed E-state index contributed by atoms with van der Waals surface area (Å²) < 4.78 is 30.1. The lowest BCUT2D eigenvalue weighted by Crippen LogP contribution is -2.41. The third-order valence-corrected chi connectivity index (χ3v) is 5.70. The predicted molar refractivity (Wildman–Crippen MR) is 127 cm³/mol. The molecule has 2 aromatic rings. The molecule has 1 atom stereocenters. The summed E-state index contributed by atoms with van der Waals surface area (Å²) in [5.41, 5.74) is 5.15. The van der Waals surface area contributed by atoms with E-state index in [0.29, 0.717) is 5.56 Å². The lowest BCUT2D eigenvalue weighted by Gasteiger charge is -2.36. The number of methoxy groups -OCH3 is 2. The van der Waals surface area contributed by atoms with Crippen molar-refractivity contribution in [2.45, 2.75) is 12.8 Å². The van der Waals surface area contributed by atoms with Crippen molar-refractivity contribution in [1.29, 1.82) is 5.26 Å². The van der Waals surface area contributed by atoms with Crippen molar-refractivity contribution in [2.24, 2.45) is 5.73 Å². The van der Waals surface area contributed by atoms with Gasteiger partial charge in [-0.1, -0.05) is 41.9 Å². The number of rotatable bonds is 6. The van der Waals surface area contributed by atoms with Crippen LogP contribution < -0.4 is 10.6 Å². The zero-order valence-corrected chi connectivity index (χ0v) is 20.3. The number of allylic oxidation sites excluding steroid dienone is 1. The van der Waals surface area contributed by atoms with Crippen molar-refractivity contribution in [1.82, 2.24) is 0 Å². The Bertz CT molecular complexity index is 1330. The molecular weight excluding hydrogens is 493 g/mol. The highest BCUT2D eigenvalue weighted by molar-refractivity contribution is 6.33. The Kier molecular flexibility index (Phi) is 7.96. The Labute approximate surface area is 211 Å². The molecule has 9 nitrogen and oxygen atoms in total. The second kappa shape index (κ2) is 10.9. The number of halogens is 2. The fourth-order valence-electron chi connectivity index (χ4n) is 3.84. The molecule has 1 unspecified atom stereocenters. The fourth-order valence-corrected chi connectivity index (χ4v) is 4.07. The van der Waals surface area contributed by atoms with Crippen LogP contribution in [0.3, 0.4) is 0 Å². The SMILES string of the molecule is CCOC(=O)c1cc(N2C(N)=C(C#N)C(c3ccccc3)C(C(=O)OC)=C2C(=O)OC)c(F)cc1Cl. The molecule has 2 N–H and O–H groups in total. The number of nitrogens with two attached hydrogens (primary N) is 1. The van der Waals surface area contributed by atoms with Crippen molar-refractivity contribution >= 4 is 35.2 Å². The number of carbonyl (C=O) groups is 3. The first kappa shape index (κ1) is 26.2. The first-order valence-corrected chi connectivity index (χ1v) is 10.9. The number of hydrogen-bond acceptors (Lipinski definition) is 9. The van der Waals surface area contributed by atoms with E-state index in [1.807, 2.05) is 6.07 Å². The zero-order valence-electron chi connectivity index (χ0n) is 19.5. The number of benzene rings is 2. The highest BCUT2D eigenvalue weighted by Crippen LogP contribution is 2.44. The largest absolute Gasteiger partial charge is 0.466 e. The maximum absolute atomic E-state index is 15.3. The first-order chi connectivity index (χ1) is 17.2. The molecule has 0 aliphatic carbocycles. The third kappa shape index (κ3) is 4.61. The van der Waals surface area contributed by atoms with Crippen molar-refractivity contribution in [3.05, 3.63) is 87.1 Å². The van der Waals surface area contributed by atoms with E-state index < -0.39 is 41.0 Å². The monoisotopic (exact) mass is 513 g/mol. The summed E-state index contributed by atoms with van der Waals surface area (Å²) in [4.78, 5) is 39.4. The molecule has 2 aromatic carbocycles. The Morgan fingerprint density at radius 2 is 1.75 bits per heavy atom. The van der Waals surface area contributed by atoms with E-state index in [0.717, 1.165) is 31.3 Å². The van der Waals surface area contributed by atoms with Gasteiger partial charge in [0.15, 0.2) is 0 Å². The van der Waals surface area contributed by atoms with E-state index in [9.17, 15) is 19.6 Å². The molecule has 0 bridgehead atoms. The van der Waals surface area contributed by atoms with Gasteiger partial charge in [-0.15, -0.1) is 0 Å². The lowest BCUT2D eigenvalue weighted by molar-refractivity contribution is -0.139. The standard InChI is InChI=1S/C25H21ClFN3O6/c1-4-36-23(31)14-10-18(17(27)11-16(14)26)30-21(25(33)35-3)20(24(32)34-2)19(15(12-28)22(30)29)13-8-6-5-7-9-13/h5-11,19H,4,29H2,1-3H3. The molecule has 1 aliphatic heterocycles. The topological polar surface area (TPSA) is 132 Å². The van der Waals surface area contributed by atoms with Gasteiger partial charge in [0.1, 0.15) is 17.3 Å². The van der Waals surface area contributed by atoms with Crippen LogP contribution in [0.5, 0.6) is 0 Å². The third-order valence-electron chi connectivity index (χ3n) is 5.38. The fraction of sp³-hybridized carbons (Fsp3) is 0.200. The minimum absolute atomic E-state index is 0.0186. The number of ether oxygens (including phenoxy) is 3. The molecule has 3 rings (SSSR count). The lowest BCUT2D eigenvalue weighted by atomic mass is 9.81. The number of anilines is 1. The number of carbonyl (C=O) groups excluding carboxylic acids is 3. The van der Waals surface area contributed by atoms with E-state index >= 15 is 4.39 Å². The first-order valence-electron chi connectivity index (χ1n) is 10.5. The van der Waals surface area contributed by atoms with Crippen LogP contribution in [0.15, 0.2) is 65.1 Å². The van der Waals surface area contributed by atoms with Crippen molar-refractivity contribution < 1.29 is 33.0 Å². The second-order valence-corrected chi connectivity index (χ2v) is 7.75. The summed E-state index contributed by atoms with van der Waals surface area (Å²) in [7, 11) is 2.15. The highest BCUT2D eigenvalue weighted by atomic mass is 35.5. The van der Waals surface area contributed by atoms with Gasteiger partial charge >= 0.3 is 17.9 Å². The summed E-state index contributed by atoms with van der Waals surface area (Å²) in [6.45, 7) is 1.59. The van der Waals surface area contributed by atoms with E-state index in [1.54, 1.807) is 37.3 Å². The van der Waals surface area contributed by atoms with Gasteiger partial charge in [-0.25, -0.2) is 18.8 Å². The summed E-state index contributed by atoms with van der Waals surface area (Å²) in [5.74, 6) is -5.40. The van der Waals surface area contributed by atoms with Crippen LogP contribution in [-0.4, -0.2) is 38.7 Å². The van der Waals surface area contributed by atoms with Crippen LogP contribution in [0.25, 0.3) is 0 Å². The van der Waals surface area contributed by atoms with Crippen LogP contribution in [0, 0.1) is 17.1 Å². The molecule has 11 heteroatoms. The van der Waals surface area contributed by atoms with Gasteiger partial charge in [-0.2, -0.15) is 5.26 Å². The van der Waals surface area contributed by atoms with Crippen molar-refractivity contribution in [2.75, 3.05) is 25.7 Å². The highest BCUT2D eigenvalue weighted by Gasteiger charge is 2.43. The second-order valence-electron chi connectivity index (χ2n) is 7.34. The number of nitrogens with zero attached hydrogens (tertiary/aromatic N) is 2. The van der Waals surface area contributed by atoms with Gasteiger partial charge in [0.25, 0.3) is 0 Å². The summed E-state index contributed by atoms with van der Waals surface area (Å²) in [5, 5.41) is 9.79. The summed E-state index contributed by atoms with van der Waals surface area (Å²) in [6, 6.07) is 12.1. The molecule has 36 heavy (non-hydrogen) atoms. The van der Waals surface area contributed by atoms with Gasteiger partial charge in [-0.3, -0.25) is 4.90 Å². The van der Waals surface area contributed by atoms with Crippen molar-refractivity contribution in [3.8, 4) is 6.07 Å². The van der Waals surface area contributed by atoms with Crippen LogP contribution in [-0.2, 0) is 23.8 Å². The minimum atomic E-state index is -1.13. The molecule has 186 valence electrons. The maximum Gasteiger partial charge on any atom is 0.355 e. The van der Waals surface area contributed by atoms with Crippen LogP contribution in [0.4, 0.5) is 10.1 Å². The average molecular weight is 514 g/mol. The molecule has 0 saturated heterocycles. The summed E-state index contributed by atoms with van der Waals surface area (Å²) >= 11 is 6.06. The van der Waals surface area contributed by atoms with Crippen molar-refractivity contribution in [3.63, 3.8) is 0 Å². The predicted octanol–water partition coefficient (Wildman–Crippen LogP) is 3.55. The number of esters is 3. The van der Waals surface area contributed by atoms with Crippen LogP contribution in [0.2, 0.25) is 5.02 Å². The van der Waals surface area contributed by atoms with Gasteiger partial charge in [0.05, 0.1) is 60.2 Å². The molecule has 0 spiro atoms. The zero-order chi connectivity index (χ0) is 26.6. The smallest absolute Gasteiger partial charge is 0.355 e. The quantitative estimate of drug-likeness (QED) is 0.454. The Balaban J connectivity index is 2.44. The van der Waals surface area contributed by atoms with Gasteiger partial charge in [0, 0.05) is 0 Å². The summed E-state index contributed by atoms with van der Waals surface area (Å²) in [6.07, 6.45) is 0. The van der Waals surface area contributed by atoms with Crippen LogP contribution in [0.1, 0.15) is 28.8 Å². The maximum atomic E-state index is 15.3. The van der Waals surface area contributed by atoms with Gasteiger partial charge < -0.3 is 19.9 Å². The normalized spacial score (nSPS) is 15.3. The van der Waals surface area contributed by atoms with Gasteiger partial charge in [0.2, 0.25) is 0 Å². The molecule has 0 radical (unpaired) electrons. The minimum Gasteiger partial charge on any atom is -0.466 e. The van der Waals surface area contributed by atoms with E-state index in [4.69, 9.17) is 31.5 Å². The Morgan fingerprint density at radius 3 is 2.31 bits per heavy atom. The van der Waals surface area contributed by atoms with E-state index in [2.05, 4.69) is 0 Å². The Hall–Kier alpha value is -4.36. The number of hydrogen-bond donors (Lipinski definition) is 1. The molecule has 1 heterocycles. The number of nitriles is 1. The molecule has 0 amide bonds. The van der Waals surface area contributed by atoms with Gasteiger partial charge in [-0.05, 0) is 24.6 Å². The molecule has 0 aromatic heterocycles. The molecule has 0 saturated carbocycles. The molecule has 1 aliphatic rings. The van der Waals surface area contributed by atoms with E-state index in [-0.39, 0.29) is 34.2 Å². The Morgan fingerprint density at radius 1 is 1.11 bits per heavy atom. The average Bonchev–Trinajstić information content (AvgIpc) is 2.88.